The lowest BCUT2D eigenvalue weighted by atomic mass is 9.63. The van der Waals surface area contributed by atoms with E-state index in [2.05, 4.69) is 35.7 Å². The van der Waals surface area contributed by atoms with Gasteiger partial charge in [0.15, 0.2) is 0 Å². The molecule has 0 aromatic carbocycles. The second kappa shape index (κ2) is 5.31. The van der Waals surface area contributed by atoms with Gasteiger partial charge in [-0.3, -0.25) is 0 Å². The minimum atomic E-state index is -0.291. The number of fused-ring (bicyclic) bond motifs is 2. The Morgan fingerprint density at radius 1 is 1.17 bits per heavy atom. The van der Waals surface area contributed by atoms with Crippen LogP contribution in [0.2, 0.25) is 0 Å². The summed E-state index contributed by atoms with van der Waals surface area (Å²) < 4.78 is 0. The van der Waals surface area contributed by atoms with Crippen LogP contribution in [0.4, 0.5) is 11.8 Å². The standard InChI is InChI=1S/C17H29N5O/c1-12-7-18-15(19-13(12)20(4)5)22-10-16(2)8-21(6)9-17(3,11-22)14(16)23/h7,14,23H,8-11H2,1-6H3. The number of aliphatic hydroxyl groups is 1. The summed E-state index contributed by atoms with van der Waals surface area (Å²) in [5.41, 5.74) is 0.757. The van der Waals surface area contributed by atoms with Crippen molar-refractivity contribution in [3.8, 4) is 0 Å². The number of aliphatic hydroxyl groups excluding tert-OH is 1. The predicted octanol–water partition coefficient (Wildman–Crippen LogP) is 0.990. The van der Waals surface area contributed by atoms with Gasteiger partial charge in [-0.1, -0.05) is 13.8 Å². The molecule has 2 atom stereocenters. The van der Waals surface area contributed by atoms with Crippen LogP contribution >= 0.6 is 0 Å². The number of hydrogen-bond acceptors (Lipinski definition) is 6. The maximum Gasteiger partial charge on any atom is 0.227 e. The maximum absolute atomic E-state index is 10.9. The Morgan fingerprint density at radius 3 is 2.26 bits per heavy atom. The first-order chi connectivity index (χ1) is 10.6. The van der Waals surface area contributed by atoms with Crippen molar-refractivity contribution in [2.75, 3.05) is 57.1 Å². The van der Waals surface area contributed by atoms with Gasteiger partial charge in [0, 0.05) is 62.9 Å². The fourth-order valence-corrected chi connectivity index (χ4v) is 4.67. The van der Waals surface area contributed by atoms with Gasteiger partial charge in [-0.15, -0.1) is 0 Å². The van der Waals surface area contributed by atoms with E-state index in [1.807, 2.05) is 32.1 Å². The molecule has 3 heterocycles. The van der Waals surface area contributed by atoms with E-state index in [9.17, 15) is 5.11 Å². The summed E-state index contributed by atoms with van der Waals surface area (Å²) in [7, 11) is 6.15. The number of aromatic nitrogens is 2. The molecule has 2 saturated heterocycles. The molecule has 23 heavy (non-hydrogen) atoms. The summed E-state index contributed by atoms with van der Waals surface area (Å²) in [6.07, 6.45) is 1.61. The van der Waals surface area contributed by atoms with Gasteiger partial charge in [0.2, 0.25) is 5.95 Å². The third-order valence-electron chi connectivity index (χ3n) is 5.33. The van der Waals surface area contributed by atoms with Crippen LogP contribution in [0.3, 0.4) is 0 Å². The molecule has 128 valence electrons. The molecule has 2 fully saturated rings. The Labute approximate surface area is 139 Å². The fraction of sp³-hybridized carbons (Fsp3) is 0.765. The summed E-state index contributed by atoms with van der Waals surface area (Å²) in [5.74, 6) is 1.73. The molecule has 6 heteroatoms. The van der Waals surface area contributed by atoms with Gasteiger partial charge in [-0.25, -0.2) is 4.98 Å². The summed E-state index contributed by atoms with van der Waals surface area (Å²) >= 11 is 0. The van der Waals surface area contributed by atoms with Crippen LogP contribution in [-0.2, 0) is 0 Å². The average molecular weight is 319 g/mol. The van der Waals surface area contributed by atoms with Crippen molar-refractivity contribution in [1.29, 1.82) is 0 Å². The van der Waals surface area contributed by atoms with Crippen molar-refractivity contribution >= 4 is 11.8 Å². The molecule has 0 aliphatic carbocycles. The molecule has 6 nitrogen and oxygen atoms in total. The van der Waals surface area contributed by atoms with Crippen molar-refractivity contribution < 1.29 is 5.11 Å². The van der Waals surface area contributed by atoms with Crippen LogP contribution in [0.1, 0.15) is 19.4 Å². The Bertz CT molecular complexity index is 585. The molecular formula is C17H29N5O. The number of aryl methyl sites for hydroxylation is 1. The van der Waals surface area contributed by atoms with Crippen LogP contribution in [0.5, 0.6) is 0 Å². The normalized spacial score (nSPS) is 34.6. The average Bonchev–Trinajstić information content (AvgIpc) is 2.42. The minimum absolute atomic E-state index is 0.160. The molecule has 2 aliphatic rings. The Kier molecular flexibility index (Phi) is 3.80. The lowest BCUT2D eigenvalue weighted by Gasteiger charge is -2.59. The third-order valence-corrected chi connectivity index (χ3v) is 5.33. The van der Waals surface area contributed by atoms with E-state index in [1.54, 1.807) is 0 Å². The van der Waals surface area contributed by atoms with Crippen LogP contribution in [0.15, 0.2) is 6.20 Å². The van der Waals surface area contributed by atoms with Crippen LogP contribution in [0.25, 0.3) is 0 Å². The molecule has 0 amide bonds. The van der Waals surface area contributed by atoms with E-state index < -0.39 is 0 Å². The predicted molar refractivity (Wildman–Crippen MR) is 93.0 cm³/mol. The number of rotatable bonds is 2. The minimum Gasteiger partial charge on any atom is -0.392 e. The van der Waals surface area contributed by atoms with E-state index >= 15 is 0 Å². The maximum atomic E-state index is 10.9. The summed E-state index contributed by atoms with van der Waals surface area (Å²) in [5, 5.41) is 10.9. The topological polar surface area (TPSA) is 55.7 Å². The smallest absolute Gasteiger partial charge is 0.227 e. The molecule has 1 N–H and O–H groups in total. The summed E-state index contributed by atoms with van der Waals surface area (Å²) in [4.78, 5) is 16.0. The molecule has 0 saturated carbocycles. The third kappa shape index (κ3) is 2.68. The van der Waals surface area contributed by atoms with Crippen LogP contribution < -0.4 is 9.80 Å². The first-order valence-electron chi connectivity index (χ1n) is 8.27. The zero-order valence-corrected chi connectivity index (χ0v) is 15.2. The van der Waals surface area contributed by atoms with E-state index in [1.165, 1.54) is 0 Å². The summed E-state index contributed by atoms with van der Waals surface area (Å²) in [6.45, 7) is 9.75. The SMILES string of the molecule is Cc1cnc(N2CC3(C)CN(C)CC(C)(C2)C3O)nc1N(C)C. The Balaban J connectivity index is 1.96. The molecular weight excluding hydrogens is 290 g/mol. The van der Waals surface area contributed by atoms with Gasteiger partial charge in [0.1, 0.15) is 5.82 Å². The van der Waals surface area contributed by atoms with Crippen molar-refractivity contribution in [2.24, 2.45) is 10.8 Å². The molecule has 1 aromatic heterocycles. The molecule has 3 rings (SSSR count). The zero-order valence-electron chi connectivity index (χ0n) is 15.2. The molecule has 2 bridgehead atoms. The first kappa shape index (κ1) is 16.5. The van der Waals surface area contributed by atoms with Crippen LogP contribution in [0, 0.1) is 17.8 Å². The number of piperidine rings is 2. The second-order valence-electron chi connectivity index (χ2n) is 8.31. The highest BCUT2D eigenvalue weighted by Crippen LogP contribution is 2.46. The lowest BCUT2D eigenvalue weighted by Crippen LogP contribution is -2.70. The van der Waals surface area contributed by atoms with Gasteiger partial charge in [-0.2, -0.15) is 4.98 Å². The van der Waals surface area contributed by atoms with E-state index in [-0.39, 0.29) is 16.9 Å². The van der Waals surface area contributed by atoms with E-state index in [0.717, 1.165) is 43.5 Å². The van der Waals surface area contributed by atoms with Gasteiger partial charge < -0.3 is 19.8 Å². The first-order valence-corrected chi connectivity index (χ1v) is 8.27. The van der Waals surface area contributed by atoms with Crippen molar-refractivity contribution in [3.63, 3.8) is 0 Å². The quantitative estimate of drug-likeness (QED) is 0.877. The number of anilines is 2. The zero-order chi connectivity index (χ0) is 17.0. The number of nitrogens with zero attached hydrogens (tertiary/aromatic N) is 5. The number of hydrogen-bond donors (Lipinski definition) is 1. The van der Waals surface area contributed by atoms with Crippen molar-refractivity contribution in [1.82, 2.24) is 14.9 Å². The molecule has 2 unspecified atom stereocenters. The molecule has 1 aromatic rings. The van der Waals surface area contributed by atoms with Gasteiger partial charge >= 0.3 is 0 Å². The van der Waals surface area contributed by atoms with Crippen LogP contribution in [-0.4, -0.2) is 73.4 Å². The largest absolute Gasteiger partial charge is 0.392 e. The van der Waals surface area contributed by atoms with E-state index in [0.29, 0.717) is 0 Å². The van der Waals surface area contributed by atoms with Gasteiger partial charge in [0.25, 0.3) is 0 Å². The van der Waals surface area contributed by atoms with Gasteiger partial charge in [-0.05, 0) is 14.0 Å². The van der Waals surface area contributed by atoms with E-state index in [4.69, 9.17) is 4.98 Å². The monoisotopic (exact) mass is 319 g/mol. The highest BCUT2D eigenvalue weighted by atomic mass is 16.3. The van der Waals surface area contributed by atoms with Crippen molar-refractivity contribution in [2.45, 2.75) is 26.9 Å². The molecule has 0 radical (unpaired) electrons. The second-order valence-corrected chi connectivity index (χ2v) is 8.31. The highest BCUT2D eigenvalue weighted by Gasteiger charge is 2.55. The highest BCUT2D eigenvalue weighted by molar-refractivity contribution is 5.49. The number of likely N-dealkylation sites (tertiary alicyclic amines) is 1. The van der Waals surface area contributed by atoms with Gasteiger partial charge in [0.05, 0.1) is 6.10 Å². The molecule has 2 aliphatic heterocycles. The lowest BCUT2D eigenvalue weighted by molar-refractivity contribution is -0.127. The fourth-order valence-electron chi connectivity index (χ4n) is 4.67. The summed E-state index contributed by atoms with van der Waals surface area (Å²) in [6, 6.07) is 0. The molecule has 0 spiro atoms. The van der Waals surface area contributed by atoms with Crippen molar-refractivity contribution in [3.05, 3.63) is 11.8 Å². The Hall–Kier alpha value is -1.40. The Morgan fingerprint density at radius 2 is 1.74 bits per heavy atom.